The Balaban J connectivity index is 1.66. The van der Waals surface area contributed by atoms with Crippen LogP contribution in [0.15, 0.2) is 64.5 Å². The Kier molecular flexibility index (Phi) is 5.07. The normalized spacial score (nSPS) is 12.7. The molecule has 4 aromatic rings. The van der Waals surface area contributed by atoms with Crippen LogP contribution in [0.1, 0.15) is 6.92 Å². The van der Waals surface area contributed by atoms with Gasteiger partial charge in [-0.2, -0.15) is 11.3 Å². The maximum absolute atomic E-state index is 12.6. The van der Waals surface area contributed by atoms with Crippen LogP contribution >= 0.6 is 11.3 Å². The van der Waals surface area contributed by atoms with Crippen LogP contribution in [0.3, 0.4) is 0 Å². The molecule has 3 heterocycles. The molecule has 0 bridgehead atoms. The van der Waals surface area contributed by atoms with E-state index in [0.29, 0.717) is 4.71 Å². The van der Waals surface area contributed by atoms with Crippen LogP contribution in [0.25, 0.3) is 27.8 Å². The first kappa shape index (κ1) is 18.3. The van der Waals surface area contributed by atoms with Gasteiger partial charge in [0.2, 0.25) is 0 Å². The molecule has 0 aliphatic rings. The van der Waals surface area contributed by atoms with Crippen LogP contribution in [-0.2, 0) is 6.54 Å². The SMILES string of the molecule is CC(Cn1ccc(-c2ccc3c(c2)ncn3-c2ccsc2)cc1=O)[As](C)C. The van der Waals surface area contributed by atoms with E-state index >= 15 is 0 Å². The summed E-state index contributed by atoms with van der Waals surface area (Å²) >= 11 is 0.863. The fourth-order valence-electron chi connectivity index (χ4n) is 3.08. The first-order valence-electron chi connectivity index (χ1n) is 8.90. The average Bonchev–Trinajstić information content (AvgIpc) is 3.31. The molecule has 0 N–H and O–H groups in total. The van der Waals surface area contributed by atoms with Crippen molar-refractivity contribution in [3.8, 4) is 16.8 Å². The molecule has 1 atom stereocenters. The van der Waals surface area contributed by atoms with Gasteiger partial charge in [-0.3, -0.25) is 0 Å². The molecule has 4 nitrogen and oxygen atoms in total. The monoisotopic (exact) mass is 439 g/mol. The third kappa shape index (κ3) is 3.67. The maximum atomic E-state index is 12.6. The second-order valence-electron chi connectivity index (χ2n) is 7.02. The second kappa shape index (κ2) is 7.49. The van der Waals surface area contributed by atoms with Gasteiger partial charge in [0.25, 0.3) is 0 Å². The summed E-state index contributed by atoms with van der Waals surface area (Å²) in [4.78, 5) is 17.1. The molecule has 1 aromatic carbocycles. The van der Waals surface area contributed by atoms with E-state index in [-0.39, 0.29) is 5.56 Å². The van der Waals surface area contributed by atoms with Crippen molar-refractivity contribution in [3.63, 3.8) is 0 Å². The zero-order valence-electron chi connectivity index (χ0n) is 15.7. The van der Waals surface area contributed by atoms with Crippen molar-refractivity contribution in [1.82, 2.24) is 14.1 Å². The van der Waals surface area contributed by atoms with Gasteiger partial charge in [0.1, 0.15) is 0 Å². The molecule has 0 fully saturated rings. The summed E-state index contributed by atoms with van der Waals surface area (Å²) in [6.07, 6.45) is 3.78. The quantitative estimate of drug-likeness (QED) is 0.408. The molecule has 0 aliphatic carbocycles. The Morgan fingerprint density at radius 1 is 1.15 bits per heavy atom. The van der Waals surface area contributed by atoms with E-state index < -0.39 is 14.7 Å². The molecular weight excluding hydrogens is 417 g/mol. The Bertz CT molecular complexity index is 1130. The van der Waals surface area contributed by atoms with Gasteiger partial charge in [0.15, 0.2) is 0 Å². The summed E-state index contributed by atoms with van der Waals surface area (Å²) in [7, 11) is 0. The fourth-order valence-corrected chi connectivity index (χ4v) is 4.76. The van der Waals surface area contributed by atoms with Crippen LogP contribution in [0, 0.1) is 0 Å². The number of rotatable bonds is 5. The molecule has 0 radical (unpaired) electrons. The Labute approximate surface area is 167 Å². The molecule has 0 saturated carbocycles. The summed E-state index contributed by atoms with van der Waals surface area (Å²) in [5.41, 5.74) is 9.83. The molecule has 138 valence electrons. The summed E-state index contributed by atoms with van der Waals surface area (Å²) in [6, 6.07) is 12.1. The third-order valence-electron chi connectivity index (χ3n) is 5.00. The number of aromatic nitrogens is 3. The third-order valence-corrected chi connectivity index (χ3v) is 9.72. The topological polar surface area (TPSA) is 39.8 Å². The van der Waals surface area contributed by atoms with Crippen molar-refractivity contribution >= 4 is 37.0 Å². The van der Waals surface area contributed by atoms with Crippen molar-refractivity contribution in [2.24, 2.45) is 0 Å². The Hall–Kier alpha value is -2.10. The van der Waals surface area contributed by atoms with Gasteiger partial charge in [-0.25, -0.2) is 0 Å². The van der Waals surface area contributed by atoms with Crippen molar-refractivity contribution < 1.29 is 0 Å². The fraction of sp³-hybridized carbons (Fsp3) is 0.238. The molecule has 1 unspecified atom stereocenters. The Morgan fingerprint density at radius 2 is 1.96 bits per heavy atom. The molecule has 3 aromatic heterocycles. The van der Waals surface area contributed by atoms with E-state index in [1.54, 1.807) is 17.4 Å². The van der Waals surface area contributed by atoms with E-state index in [9.17, 15) is 4.79 Å². The first-order chi connectivity index (χ1) is 13.0. The molecule has 6 heteroatoms. The minimum atomic E-state index is -0.809. The van der Waals surface area contributed by atoms with E-state index in [1.807, 2.05) is 23.2 Å². The van der Waals surface area contributed by atoms with Gasteiger partial charge < -0.3 is 0 Å². The van der Waals surface area contributed by atoms with Crippen LogP contribution in [0.4, 0.5) is 0 Å². The van der Waals surface area contributed by atoms with Gasteiger partial charge in [-0.05, 0) is 11.4 Å². The Morgan fingerprint density at radius 3 is 2.67 bits per heavy atom. The van der Waals surface area contributed by atoms with Crippen molar-refractivity contribution in [2.75, 3.05) is 0 Å². The number of pyridine rings is 1. The van der Waals surface area contributed by atoms with Crippen molar-refractivity contribution in [3.05, 3.63) is 70.0 Å². The molecule has 0 saturated heterocycles. The van der Waals surface area contributed by atoms with E-state index in [2.05, 4.69) is 62.9 Å². The van der Waals surface area contributed by atoms with Crippen LogP contribution in [0.5, 0.6) is 0 Å². The van der Waals surface area contributed by atoms with Gasteiger partial charge in [-0.15, -0.1) is 0 Å². The predicted molar refractivity (Wildman–Crippen MR) is 116 cm³/mol. The summed E-state index contributed by atoms with van der Waals surface area (Å²) in [6.45, 7) is 3.06. The van der Waals surface area contributed by atoms with E-state index in [1.165, 1.54) is 0 Å². The van der Waals surface area contributed by atoms with Crippen LogP contribution in [0.2, 0.25) is 16.1 Å². The average molecular weight is 439 g/mol. The zero-order chi connectivity index (χ0) is 19.0. The number of nitrogens with zero attached hydrogens (tertiary/aromatic N) is 3. The van der Waals surface area contributed by atoms with Gasteiger partial charge in [0.05, 0.1) is 0 Å². The standard InChI is InChI=1S/C21H22AsN3OS/c1-15(22(2)3)12-24-8-6-17(11-21(24)26)16-4-5-20-19(10-16)23-14-25(20)18-7-9-27-13-18/h4-11,13-15H,12H2,1-3H3. The number of imidazole rings is 1. The van der Waals surface area contributed by atoms with Gasteiger partial charge in [-0.1, -0.05) is 0 Å². The number of fused-ring (bicyclic) bond motifs is 1. The molecule has 27 heavy (non-hydrogen) atoms. The molecular formula is C21H22AsN3OS. The molecule has 0 spiro atoms. The molecule has 0 aliphatic heterocycles. The van der Waals surface area contributed by atoms with Gasteiger partial charge in [0, 0.05) is 5.38 Å². The minimum absolute atomic E-state index is 0.0686. The summed E-state index contributed by atoms with van der Waals surface area (Å²) in [5.74, 6) is 0. The second-order valence-corrected chi connectivity index (χ2v) is 13.7. The zero-order valence-corrected chi connectivity index (χ0v) is 18.4. The number of hydrogen-bond acceptors (Lipinski definition) is 3. The van der Waals surface area contributed by atoms with Gasteiger partial charge >= 0.3 is 139 Å². The molecule has 0 amide bonds. The van der Waals surface area contributed by atoms with E-state index in [4.69, 9.17) is 0 Å². The van der Waals surface area contributed by atoms with Crippen molar-refractivity contribution in [1.29, 1.82) is 0 Å². The summed E-state index contributed by atoms with van der Waals surface area (Å²) < 4.78 is 4.54. The van der Waals surface area contributed by atoms with Crippen LogP contribution in [-0.4, -0.2) is 28.8 Å². The number of thiophene rings is 1. The van der Waals surface area contributed by atoms with E-state index in [0.717, 1.165) is 34.4 Å². The number of hydrogen-bond donors (Lipinski definition) is 0. The van der Waals surface area contributed by atoms with Crippen molar-refractivity contribution in [2.45, 2.75) is 29.6 Å². The van der Waals surface area contributed by atoms with Crippen LogP contribution < -0.4 is 5.56 Å². The summed E-state index contributed by atoms with van der Waals surface area (Å²) in [5, 5.41) is 4.17. The first-order valence-corrected chi connectivity index (χ1v) is 14.7. The predicted octanol–water partition coefficient (Wildman–Crippen LogP) is 5.06. The molecule has 4 rings (SSSR count). The number of benzene rings is 1.